The predicted octanol–water partition coefficient (Wildman–Crippen LogP) is 2.94. The third kappa shape index (κ3) is 4.12. The quantitative estimate of drug-likeness (QED) is 0.864. The van der Waals surface area contributed by atoms with Crippen LogP contribution in [0.2, 0.25) is 0 Å². The van der Waals surface area contributed by atoms with Crippen molar-refractivity contribution >= 4 is 11.9 Å². The molecule has 0 spiro atoms. The van der Waals surface area contributed by atoms with E-state index >= 15 is 0 Å². The summed E-state index contributed by atoms with van der Waals surface area (Å²) in [5, 5.41) is 13.6. The number of carboxylic acid groups (broad SMARTS) is 1. The molecule has 1 fully saturated rings. The molecule has 1 aliphatic heterocycles. The Morgan fingerprint density at radius 3 is 2.62 bits per heavy atom. The van der Waals surface area contributed by atoms with Gasteiger partial charge in [-0.25, -0.2) is 4.79 Å². The van der Waals surface area contributed by atoms with Crippen LogP contribution in [0, 0.1) is 0 Å². The molecule has 1 aromatic carbocycles. The Kier molecular flexibility index (Phi) is 5.71. The van der Waals surface area contributed by atoms with Crippen molar-refractivity contribution in [3.8, 4) is 0 Å². The molecule has 1 amide bonds. The van der Waals surface area contributed by atoms with Crippen LogP contribution in [-0.2, 0) is 17.8 Å². The summed E-state index contributed by atoms with van der Waals surface area (Å²) in [4.78, 5) is 25.7. The maximum absolute atomic E-state index is 12.5. The maximum atomic E-state index is 12.5. The summed E-state index contributed by atoms with van der Waals surface area (Å²) in [5.74, 6) is -0.374. The van der Waals surface area contributed by atoms with Gasteiger partial charge in [0.25, 0.3) is 0 Å². The Morgan fingerprint density at radius 1 is 1.23 bits per heavy atom. The average Bonchev–Trinajstić information content (AvgIpc) is 3.15. The molecule has 138 valence electrons. The maximum Gasteiger partial charge on any atom is 0.335 e. The first kappa shape index (κ1) is 18.2. The van der Waals surface area contributed by atoms with E-state index in [1.807, 2.05) is 21.8 Å². The number of benzene rings is 1. The second-order valence-electron chi connectivity index (χ2n) is 6.75. The van der Waals surface area contributed by atoms with E-state index in [1.165, 1.54) is 5.56 Å². The smallest absolute Gasteiger partial charge is 0.335 e. The SMILES string of the molecule is CCn1cc(C2CCN(C(=O)CCc3ccccc3C(=O)O)CC2)cn1. The molecule has 26 heavy (non-hydrogen) atoms. The summed E-state index contributed by atoms with van der Waals surface area (Å²) in [6, 6.07) is 6.90. The van der Waals surface area contributed by atoms with Crippen LogP contribution in [0.3, 0.4) is 0 Å². The van der Waals surface area contributed by atoms with Gasteiger partial charge in [-0.05, 0) is 49.3 Å². The fourth-order valence-electron chi connectivity index (χ4n) is 3.57. The highest BCUT2D eigenvalue weighted by Crippen LogP contribution is 2.28. The van der Waals surface area contributed by atoms with Crippen LogP contribution in [0.5, 0.6) is 0 Å². The van der Waals surface area contributed by atoms with Gasteiger partial charge in [0.1, 0.15) is 0 Å². The Hall–Kier alpha value is -2.63. The van der Waals surface area contributed by atoms with Crippen LogP contribution < -0.4 is 0 Å². The van der Waals surface area contributed by atoms with Crippen LogP contribution in [0.1, 0.15) is 53.6 Å². The number of likely N-dealkylation sites (tertiary alicyclic amines) is 1. The zero-order valence-electron chi connectivity index (χ0n) is 15.1. The number of aryl methyl sites for hydroxylation is 2. The Bertz CT molecular complexity index is 776. The first-order valence-electron chi connectivity index (χ1n) is 9.19. The van der Waals surface area contributed by atoms with Crippen molar-refractivity contribution in [1.82, 2.24) is 14.7 Å². The van der Waals surface area contributed by atoms with Gasteiger partial charge in [0, 0.05) is 32.3 Å². The summed E-state index contributed by atoms with van der Waals surface area (Å²) in [7, 11) is 0. The fourth-order valence-corrected chi connectivity index (χ4v) is 3.57. The molecule has 6 nitrogen and oxygen atoms in total. The van der Waals surface area contributed by atoms with Gasteiger partial charge in [0.2, 0.25) is 5.91 Å². The summed E-state index contributed by atoms with van der Waals surface area (Å²) in [6.07, 6.45) is 6.76. The largest absolute Gasteiger partial charge is 0.478 e. The van der Waals surface area contributed by atoms with Crippen molar-refractivity contribution in [2.75, 3.05) is 13.1 Å². The standard InChI is InChI=1S/C20H25N3O3/c1-2-23-14-17(13-21-23)15-9-11-22(12-10-15)19(24)8-7-16-5-3-4-6-18(16)20(25)26/h3-6,13-15H,2,7-12H2,1H3,(H,25,26). The van der Waals surface area contributed by atoms with Crippen molar-refractivity contribution in [1.29, 1.82) is 0 Å². The van der Waals surface area contributed by atoms with E-state index in [9.17, 15) is 14.7 Å². The van der Waals surface area contributed by atoms with Gasteiger partial charge in [-0.2, -0.15) is 5.10 Å². The van der Waals surface area contributed by atoms with E-state index in [2.05, 4.69) is 18.2 Å². The molecule has 1 N–H and O–H groups in total. The first-order chi connectivity index (χ1) is 12.6. The van der Waals surface area contributed by atoms with Crippen molar-refractivity contribution in [2.45, 2.75) is 45.1 Å². The molecule has 0 aliphatic carbocycles. The highest BCUT2D eigenvalue weighted by molar-refractivity contribution is 5.89. The van der Waals surface area contributed by atoms with E-state index in [-0.39, 0.29) is 11.5 Å². The van der Waals surface area contributed by atoms with E-state index in [4.69, 9.17) is 0 Å². The van der Waals surface area contributed by atoms with E-state index < -0.39 is 5.97 Å². The van der Waals surface area contributed by atoms with Crippen molar-refractivity contribution < 1.29 is 14.7 Å². The number of carbonyl (C=O) groups excluding carboxylic acids is 1. The first-order valence-corrected chi connectivity index (χ1v) is 9.19. The molecule has 0 atom stereocenters. The molecule has 3 rings (SSSR count). The number of hydrogen-bond donors (Lipinski definition) is 1. The number of hydrogen-bond acceptors (Lipinski definition) is 3. The van der Waals surface area contributed by atoms with E-state index in [0.29, 0.717) is 18.8 Å². The number of carboxylic acids is 1. The normalized spacial score (nSPS) is 15.2. The second-order valence-corrected chi connectivity index (χ2v) is 6.75. The van der Waals surface area contributed by atoms with Gasteiger partial charge >= 0.3 is 5.97 Å². The summed E-state index contributed by atoms with van der Waals surface area (Å²) < 4.78 is 1.94. The lowest BCUT2D eigenvalue weighted by Gasteiger charge is -2.31. The third-order valence-corrected chi connectivity index (χ3v) is 5.15. The highest BCUT2D eigenvalue weighted by atomic mass is 16.4. The lowest BCUT2D eigenvalue weighted by Crippen LogP contribution is -2.38. The van der Waals surface area contributed by atoms with Crippen LogP contribution in [-0.4, -0.2) is 44.8 Å². The average molecular weight is 355 g/mol. The lowest BCUT2D eigenvalue weighted by molar-refractivity contribution is -0.132. The zero-order chi connectivity index (χ0) is 18.5. The molecule has 0 unspecified atom stereocenters. The molecule has 1 aliphatic rings. The van der Waals surface area contributed by atoms with Crippen LogP contribution in [0.25, 0.3) is 0 Å². The van der Waals surface area contributed by atoms with Gasteiger partial charge in [-0.15, -0.1) is 0 Å². The van der Waals surface area contributed by atoms with Crippen LogP contribution >= 0.6 is 0 Å². The third-order valence-electron chi connectivity index (χ3n) is 5.15. The Balaban J connectivity index is 1.52. The van der Waals surface area contributed by atoms with Crippen molar-refractivity contribution in [2.24, 2.45) is 0 Å². The number of aromatic carboxylic acids is 1. The molecular weight excluding hydrogens is 330 g/mol. The number of amides is 1. The van der Waals surface area contributed by atoms with Crippen LogP contribution in [0.15, 0.2) is 36.7 Å². The summed E-state index contributed by atoms with van der Waals surface area (Å²) in [6.45, 7) is 4.44. The van der Waals surface area contributed by atoms with E-state index in [1.54, 1.807) is 18.2 Å². The van der Waals surface area contributed by atoms with Crippen LogP contribution in [0.4, 0.5) is 0 Å². The van der Waals surface area contributed by atoms with Gasteiger partial charge in [0.15, 0.2) is 0 Å². The summed E-state index contributed by atoms with van der Waals surface area (Å²) in [5.41, 5.74) is 2.26. The monoisotopic (exact) mass is 355 g/mol. The van der Waals surface area contributed by atoms with Gasteiger partial charge in [0.05, 0.1) is 11.8 Å². The van der Waals surface area contributed by atoms with Crippen molar-refractivity contribution in [3.63, 3.8) is 0 Å². The minimum Gasteiger partial charge on any atom is -0.478 e. The number of rotatable bonds is 6. The molecular formula is C20H25N3O3. The minimum atomic E-state index is -0.943. The van der Waals surface area contributed by atoms with Crippen molar-refractivity contribution in [3.05, 3.63) is 53.3 Å². The molecule has 1 aromatic heterocycles. The van der Waals surface area contributed by atoms with Gasteiger partial charge < -0.3 is 10.0 Å². The molecule has 0 radical (unpaired) electrons. The number of piperidine rings is 1. The molecule has 1 saturated heterocycles. The molecule has 6 heteroatoms. The molecule has 0 saturated carbocycles. The number of nitrogens with zero attached hydrogens (tertiary/aromatic N) is 3. The molecule has 2 heterocycles. The summed E-state index contributed by atoms with van der Waals surface area (Å²) >= 11 is 0. The predicted molar refractivity (Wildman–Crippen MR) is 98.2 cm³/mol. The number of aromatic nitrogens is 2. The second kappa shape index (κ2) is 8.17. The lowest BCUT2D eigenvalue weighted by atomic mass is 9.91. The van der Waals surface area contributed by atoms with E-state index in [0.717, 1.165) is 38.0 Å². The molecule has 0 bridgehead atoms. The number of carbonyl (C=O) groups is 2. The zero-order valence-corrected chi connectivity index (χ0v) is 15.1. The molecule has 2 aromatic rings. The highest BCUT2D eigenvalue weighted by Gasteiger charge is 2.24. The Morgan fingerprint density at radius 2 is 1.96 bits per heavy atom. The topological polar surface area (TPSA) is 75.4 Å². The fraction of sp³-hybridized carbons (Fsp3) is 0.450. The van der Waals surface area contributed by atoms with Gasteiger partial charge in [-0.3, -0.25) is 9.48 Å². The Labute approximate surface area is 153 Å². The van der Waals surface area contributed by atoms with Gasteiger partial charge in [-0.1, -0.05) is 18.2 Å². The minimum absolute atomic E-state index is 0.105.